The molecule has 0 amide bonds. The SMILES string of the molecule is CCOC(=O)c1[nH]c(=S)sc1-c1cccc(OC)c1. The summed E-state index contributed by atoms with van der Waals surface area (Å²) >= 11 is 6.45. The molecule has 19 heavy (non-hydrogen) atoms. The highest BCUT2D eigenvalue weighted by atomic mass is 32.1. The average molecular weight is 295 g/mol. The van der Waals surface area contributed by atoms with E-state index in [9.17, 15) is 4.79 Å². The number of esters is 1. The van der Waals surface area contributed by atoms with E-state index < -0.39 is 5.97 Å². The summed E-state index contributed by atoms with van der Waals surface area (Å²) < 4.78 is 10.7. The molecule has 2 rings (SSSR count). The van der Waals surface area contributed by atoms with E-state index in [1.165, 1.54) is 11.3 Å². The normalized spacial score (nSPS) is 10.2. The fourth-order valence-corrected chi connectivity index (χ4v) is 2.81. The van der Waals surface area contributed by atoms with Gasteiger partial charge in [-0.05, 0) is 36.8 Å². The van der Waals surface area contributed by atoms with Crippen molar-refractivity contribution in [2.75, 3.05) is 13.7 Å². The molecule has 1 heterocycles. The van der Waals surface area contributed by atoms with E-state index in [0.717, 1.165) is 16.2 Å². The van der Waals surface area contributed by atoms with Crippen molar-refractivity contribution in [1.29, 1.82) is 0 Å². The highest BCUT2D eigenvalue weighted by Crippen LogP contribution is 2.31. The summed E-state index contributed by atoms with van der Waals surface area (Å²) in [6.07, 6.45) is 0. The van der Waals surface area contributed by atoms with Gasteiger partial charge in [-0.15, -0.1) is 11.3 Å². The van der Waals surface area contributed by atoms with E-state index >= 15 is 0 Å². The van der Waals surface area contributed by atoms with E-state index in [-0.39, 0.29) is 0 Å². The number of carbonyl (C=O) groups excluding carboxylic acids is 1. The van der Waals surface area contributed by atoms with Crippen LogP contribution in [0.1, 0.15) is 17.4 Å². The number of ether oxygens (including phenoxy) is 2. The van der Waals surface area contributed by atoms with Gasteiger partial charge in [-0.1, -0.05) is 12.1 Å². The molecule has 2 aromatic rings. The Kier molecular flexibility index (Phi) is 4.34. The van der Waals surface area contributed by atoms with Gasteiger partial charge in [0.1, 0.15) is 11.4 Å². The quantitative estimate of drug-likeness (QED) is 0.691. The number of hydrogen-bond acceptors (Lipinski definition) is 5. The molecule has 0 spiro atoms. The van der Waals surface area contributed by atoms with Gasteiger partial charge < -0.3 is 14.5 Å². The number of benzene rings is 1. The maximum atomic E-state index is 11.9. The summed E-state index contributed by atoms with van der Waals surface area (Å²) in [5, 5.41) is 0. The molecule has 0 atom stereocenters. The van der Waals surface area contributed by atoms with Crippen molar-refractivity contribution < 1.29 is 14.3 Å². The first-order valence-electron chi connectivity index (χ1n) is 5.70. The van der Waals surface area contributed by atoms with E-state index in [1.807, 2.05) is 24.3 Å². The van der Waals surface area contributed by atoms with Crippen molar-refractivity contribution in [1.82, 2.24) is 4.98 Å². The zero-order chi connectivity index (χ0) is 13.8. The largest absolute Gasteiger partial charge is 0.497 e. The Balaban J connectivity index is 2.49. The molecule has 0 saturated carbocycles. The average Bonchev–Trinajstić information content (AvgIpc) is 2.81. The van der Waals surface area contributed by atoms with Crippen LogP contribution in [0, 0.1) is 3.95 Å². The topological polar surface area (TPSA) is 51.3 Å². The summed E-state index contributed by atoms with van der Waals surface area (Å²) in [7, 11) is 1.60. The van der Waals surface area contributed by atoms with E-state index in [0.29, 0.717) is 16.3 Å². The minimum Gasteiger partial charge on any atom is -0.497 e. The number of thiazole rings is 1. The van der Waals surface area contributed by atoms with Crippen LogP contribution in [0.2, 0.25) is 0 Å². The second kappa shape index (κ2) is 5.99. The summed E-state index contributed by atoms with van der Waals surface area (Å²) in [6.45, 7) is 2.09. The van der Waals surface area contributed by atoms with Crippen LogP contribution in [0.15, 0.2) is 24.3 Å². The molecule has 0 radical (unpaired) electrons. The number of nitrogens with one attached hydrogen (secondary N) is 1. The molecular weight excluding hydrogens is 282 g/mol. The Hall–Kier alpha value is -1.66. The smallest absolute Gasteiger partial charge is 0.356 e. The van der Waals surface area contributed by atoms with Crippen molar-refractivity contribution in [3.8, 4) is 16.2 Å². The van der Waals surface area contributed by atoms with Gasteiger partial charge in [0, 0.05) is 0 Å². The van der Waals surface area contributed by atoms with Gasteiger partial charge in [0.15, 0.2) is 3.95 Å². The zero-order valence-corrected chi connectivity index (χ0v) is 12.2. The molecule has 1 N–H and O–H groups in total. The molecule has 0 saturated heterocycles. The molecule has 0 aliphatic heterocycles. The molecule has 6 heteroatoms. The summed E-state index contributed by atoms with van der Waals surface area (Å²) in [6, 6.07) is 7.47. The van der Waals surface area contributed by atoms with Gasteiger partial charge in [0.25, 0.3) is 0 Å². The number of aromatic nitrogens is 1. The number of rotatable bonds is 4. The molecular formula is C13H13NO3S2. The third-order valence-electron chi connectivity index (χ3n) is 2.46. The monoisotopic (exact) mass is 295 g/mol. The standard InChI is InChI=1S/C13H13NO3S2/c1-3-17-12(15)10-11(19-13(18)14-10)8-5-4-6-9(7-8)16-2/h4-7H,3H2,1-2H3,(H,14,18). The maximum absolute atomic E-state index is 11.9. The van der Waals surface area contributed by atoms with E-state index in [2.05, 4.69) is 4.98 Å². The van der Waals surface area contributed by atoms with Crippen molar-refractivity contribution in [2.45, 2.75) is 6.92 Å². The molecule has 0 bridgehead atoms. The highest BCUT2D eigenvalue weighted by Gasteiger charge is 2.17. The van der Waals surface area contributed by atoms with Crippen LogP contribution in [-0.2, 0) is 4.74 Å². The Morgan fingerprint density at radius 3 is 2.95 bits per heavy atom. The predicted octanol–water partition coefficient (Wildman–Crippen LogP) is 3.66. The Labute approximate surface area is 120 Å². The van der Waals surface area contributed by atoms with Crippen LogP contribution >= 0.6 is 23.6 Å². The fraction of sp³-hybridized carbons (Fsp3) is 0.231. The zero-order valence-electron chi connectivity index (χ0n) is 10.6. The lowest BCUT2D eigenvalue weighted by atomic mass is 10.1. The minimum absolute atomic E-state index is 0.326. The first kappa shape index (κ1) is 13.8. The summed E-state index contributed by atoms with van der Waals surface area (Å²) in [5.41, 5.74) is 1.27. The number of H-pyrrole nitrogens is 1. The third kappa shape index (κ3) is 3.02. The second-order valence-corrected chi connectivity index (χ2v) is 5.36. The molecule has 1 aromatic carbocycles. The number of methoxy groups -OCH3 is 1. The minimum atomic E-state index is -0.396. The first-order valence-corrected chi connectivity index (χ1v) is 6.92. The molecule has 100 valence electrons. The third-order valence-corrected chi connectivity index (χ3v) is 3.74. The molecule has 4 nitrogen and oxygen atoms in total. The van der Waals surface area contributed by atoms with Gasteiger partial charge >= 0.3 is 5.97 Å². The fourth-order valence-electron chi connectivity index (χ4n) is 1.64. The highest BCUT2D eigenvalue weighted by molar-refractivity contribution is 7.73. The van der Waals surface area contributed by atoms with Crippen LogP contribution in [-0.4, -0.2) is 24.7 Å². The van der Waals surface area contributed by atoms with Crippen molar-refractivity contribution in [2.24, 2.45) is 0 Å². The van der Waals surface area contributed by atoms with E-state index in [1.54, 1.807) is 14.0 Å². The first-order chi connectivity index (χ1) is 9.15. The number of hydrogen-bond donors (Lipinski definition) is 1. The van der Waals surface area contributed by atoms with Gasteiger partial charge in [0.05, 0.1) is 18.6 Å². The van der Waals surface area contributed by atoms with Crippen LogP contribution < -0.4 is 4.74 Å². The van der Waals surface area contributed by atoms with E-state index in [4.69, 9.17) is 21.7 Å². The van der Waals surface area contributed by atoms with Crippen molar-refractivity contribution >= 4 is 29.5 Å². The predicted molar refractivity (Wildman–Crippen MR) is 77.4 cm³/mol. The van der Waals surface area contributed by atoms with Crippen LogP contribution in [0.3, 0.4) is 0 Å². The number of carbonyl (C=O) groups is 1. The van der Waals surface area contributed by atoms with Gasteiger partial charge in [-0.3, -0.25) is 0 Å². The molecule has 0 aliphatic carbocycles. The Bertz CT molecular complexity index is 645. The van der Waals surface area contributed by atoms with Crippen molar-refractivity contribution in [3.05, 3.63) is 33.9 Å². The van der Waals surface area contributed by atoms with Gasteiger partial charge in [-0.2, -0.15) is 0 Å². The molecule has 0 aliphatic rings. The van der Waals surface area contributed by atoms with Crippen LogP contribution in [0.5, 0.6) is 5.75 Å². The van der Waals surface area contributed by atoms with Gasteiger partial charge in [-0.25, -0.2) is 4.79 Å². The Morgan fingerprint density at radius 2 is 2.26 bits per heavy atom. The maximum Gasteiger partial charge on any atom is 0.356 e. The van der Waals surface area contributed by atoms with Crippen molar-refractivity contribution in [3.63, 3.8) is 0 Å². The lowest BCUT2D eigenvalue weighted by Gasteiger charge is -2.05. The lowest BCUT2D eigenvalue weighted by Crippen LogP contribution is -2.06. The van der Waals surface area contributed by atoms with Crippen LogP contribution in [0.4, 0.5) is 0 Å². The second-order valence-electron chi connectivity index (χ2n) is 3.67. The molecule has 0 unspecified atom stereocenters. The molecule has 1 aromatic heterocycles. The lowest BCUT2D eigenvalue weighted by molar-refractivity contribution is 0.0521. The molecule has 0 fully saturated rings. The number of aromatic amines is 1. The summed E-state index contributed by atoms with van der Waals surface area (Å²) in [4.78, 5) is 15.5. The summed E-state index contributed by atoms with van der Waals surface area (Å²) in [5.74, 6) is 0.333. The van der Waals surface area contributed by atoms with Gasteiger partial charge in [0.2, 0.25) is 0 Å². The van der Waals surface area contributed by atoms with Crippen LogP contribution in [0.25, 0.3) is 10.4 Å². The Morgan fingerprint density at radius 1 is 1.47 bits per heavy atom.